The molecule has 0 aromatic heterocycles. The van der Waals surface area contributed by atoms with Gasteiger partial charge in [0.05, 0.1) is 40.1 Å². The highest BCUT2D eigenvalue weighted by Gasteiger charge is 2.40. The van der Waals surface area contributed by atoms with Crippen molar-refractivity contribution in [2.45, 2.75) is 52.1 Å². The van der Waals surface area contributed by atoms with E-state index in [0.717, 1.165) is 43.9 Å². The van der Waals surface area contributed by atoms with Crippen molar-refractivity contribution in [3.8, 4) is 11.5 Å². The Hall–Kier alpha value is -1.99. The van der Waals surface area contributed by atoms with Gasteiger partial charge in [-0.3, -0.25) is 4.90 Å². The minimum absolute atomic E-state index is 0.0622. The molecular weight excluding hydrogens is 420 g/mol. The van der Waals surface area contributed by atoms with Gasteiger partial charge in [-0.15, -0.1) is 0 Å². The largest absolute Gasteiger partial charge is 0.493 e. The summed E-state index contributed by atoms with van der Waals surface area (Å²) in [6, 6.07) is 4.68. The Labute approximate surface area is 198 Å². The molecule has 2 fully saturated rings. The molecule has 0 saturated carbocycles. The van der Waals surface area contributed by atoms with Crippen LogP contribution in [-0.4, -0.2) is 75.6 Å². The second-order valence-electron chi connectivity index (χ2n) is 10.2. The van der Waals surface area contributed by atoms with Crippen LogP contribution >= 0.6 is 0 Å². The summed E-state index contributed by atoms with van der Waals surface area (Å²) < 4.78 is 22.5. The number of carbonyl (C=O) groups is 1. The minimum Gasteiger partial charge on any atom is -0.493 e. The van der Waals surface area contributed by atoms with Crippen LogP contribution < -0.4 is 9.47 Å². The van der Waals surface area contributed by atoms with Gasteiger partial charge in [-0.25, -0.2) is 4.79 Å². The number of nitrogens with zero attached hydrogens (tertiary/aromatic N) is 2. The summed E-state index contributed by atoms with van der Waals surface area (Å²) in [7, 11) is 3.38. The molecule has 1 aromatic rings. The Kier molecular flexibility index (Phi) is 7.69. The fourth-order valence-electron chi connectivity index (χ4n) is 5.84. The molecule has 0 bridgehead atoms. The van der Waals surface area contributed by atoms with E-state index >= 15 is 0 Å². The van der Waals surface area contributed by atoms with Gasteiger partial charge in [-0.1, -0.05) is 13.8 Å². The number of amides is 1. The SMILES string of the molecule is COc1cc2c(cc1OC)C1CC(COC(=O)N3CCOC[C@@H]3C)C(CC(C)C)CN1CC2. The average molecular weight is 461 g/mol. The van der Waals surface area contributed by atoms with Gasteiger partial charge in [0.15, 0.2) is 11.5 Å². The second-order valence-corrected chi connectivity index (χ2v) is 10.2. The van der Waals surface area contributed by atoms with E-state index in [1.165, 1.54) is 11.1 Å². The first-order chi connectivity index (χ1) is 15.9. The molecule has 1 aromatic carbocycles. The monoisotopic (exact) mass is 460 g/mol. The van der Waals surface area contributed by atoms with Crippen molar-refractivity contribution in [1.82, 2.24) is 9.80 Å². The summed E-state index contributed by atoms with van der Waals surface area (Å²) in [4.78, 5) is 17.3. The number of fused-ring (bicyclic) bond motifs is 3. The molecule has 7 nitrogen and oxygen atoms in total. The molecule has 0 aliphatic carbocycles. The average Bonchev–Trinajstić information content (AvgIpc) is 2.81. The maximum atomic E-state index is 12.8. The molecular formula is C26H40N2O5. The number of methoxy groups -OCH3 is 2. The Morgan fingerprint density at radius 1 is 1.15 bits per heavy atom. The highest BCUT2D eigenvalue weighted by atomic mass is 16.6. The third kappa shape index (κ3) is 5.24. The zero-order valence-corrected chi connectivity index (χ0v) is 20.8. The summed E-state index contributed by atoms with van der Waals surface area (Å²) in [5, 5.41) is 0. The Bertz CT molecular complexity index is 829. The summed E-state index contributed by atoms with van der Waals surface area (Å²) in [5.74, 6) is 3.06. The Morgan fingerprint density at radius 3 is 2.61 bits per heavy atom. The fourth-order valence-corrected chi connectivity index (χ4v) is 5.84. The van der Waals surface area contributed by atoms with Crippen molar-refractivity contribution in [1.29, 1.82) is 0 Å². The van der Waals surface area contributed by atoms with E-state index in [1.807, 2.05) is 11.8 Å². The molecule has 33 heavy (non-hydrogen) atoms. The zero-order valence-electron chi connectivity index (χ0n) is 20.8. The molecule has 3 aliphatic rings. The van der Waals surface area contributed by atoms with Crippen LogP contribution in [0.5, 0.6) is 11.5 Å². The highest BCUT2D eigenvalue weighted by Crippen LogP contribution is 2.45. The summed E-state index contributed by atoms with van der Waals surface area (Å²) in [5.41, 5.74) is 2.68. The number of piperidine rings is 1. The quantitative estimate of drug-likeness (QED) is 0.636. The molecule has 4 rings (SSSR count). The van der Waals surface area contributed by atoms with E-state index in [9.17, 15) is 4.79 Å². The molecule has 0 spiro atoms. The van der Waals surface area contributed by atoms with Gasteiger partial charge in [-0.2, -0.15) is 0 Å². The van der Waals surface area contributed by atoms with Gasteiger partial charge in [0, 0.05) is 25.7 Å². The van der Waals surface area contributed by atoms with Gasteiger partial charge in [0.25, 0.3) is 0 Å². The summed E-state index contributed by atoms with van der Waals surface area (Å²) in [6.07, 6.45) is 2.96. The van der Waals surface area contributed by atoms with Crippen LogP contribution in [0.15, 0.2) is 12.1 Å². The summed E-state index contributed by atoms with van der Waals surface area (Å²) >= 11 is 0. The molecule has 3 unspecified atom stereocenters. The second kappa shape index (κ2) is 10.5. The van der Waals surface area contributed by atoms with Crippen LogP contribution in [0.4, 0.5) is 4.79 Å². The van der Waals surface area contributed by atoms with Crippen LogP contribution in [0.25, 0.3) is 0 Å². The van der Waals surface area contributed by atoms with Crippen molar-refractivity contribution in [3.63, 3.8) is 0 Å². The number of benzene rings is 1. The number of carbonyl (C=O) groups excluding carboxylic acids is 1. The molecule has 184 valence electrons. The predicted molar refractivity (Wildman–Crippen MR) is 127 cm³/mol. The lowest BCUT2D eigenvalue weighted by Gasteiger charge is -2.47. The van der Waals surface area contributed by atoms with Gasteiger partial charge in [0.1, 0.15) is 0 Å². The van der Waals surface area contributed by atoms with E-state index in [1.54, 1.807) is 14.2 Å². The van der Waals surface area contributed by atoms with Crippen LogP contribution in [0, 0.1) is 17.8 Å². The van der Waals surface area contributed by atoms with Crippen molar-refractivity contribution >= 4 is 6.09 Å². The molecule has 1 amide bonds. The highest BCUT2D eigenvalue weighted by molar-refractivity contribution is 5.68. The lowest BCUT2D eigenvalue weighted by atomic mass is 9.74. The van der Waals surface area contributed by atoms with Crippen molar-refractivity contribution in [3.05, 3.63) is 23.3 Å². The summed E-state index contributed by atoms with van der Waals surface area (Å²) in [6.45, 7) is 10.9. The lowest BCUT2D eigenvalue weighted by Crippen LogP contribution is -2.49. The zero-order chi connectivity index (χ0) is 23.5. The van der Waals surface area contributed by atoms with Crippen LogP contribution in [0.1, 0.15) is 50.8 Å². The van der Waals surface area contributed by atoms with E-state index < -0.39 is 0 Å². The first-order valence-corrected chi connectivity index (χ1v) is 12.4. The number of hydrogen-bond acceptors (Lipinski definition) is 6. The Balaban J connectivity index is 1.51. The topological polar surface area (TPSA) is 60.5 Å². The number of hydrogen-bond donors (Lipinski definition) is 0. The van der Waals surface area contributed by atoms with Crippen molar-refractivity contribution in [2.75, 3.05) is 53.7 Å². The van der Waals surface area contributed by atoms with Crippen molar-refractivity contribution in [2.24, 2.45) is 17.8 Å². The number of rotatable bonds is 6. The molecule has 7 heteroatoms. The normalized spacial score (nSPS) is 27.6. The third-order valence-corrected chi connectivity index (χ3v) is 7.57. The smallest absolute Gasteiger partial charge is 0.410 e. The maximum Gasteiger partial charge on any atom is 0.410 e. The van der Waals surface area contributed by atoms with E-state index in [0.29, 0.717) is 50.2 Å². The molecule has 3 heterocycles. The third-order valence-electron chi connectivity index (χ3n) is 7.57. The maximum absolute atomic E-state index is 12.8. The molecule has 0 radical (unpaired) electrons. The van der Waals surface area contributed by atoms with Gasteiger partial charge in [0.2, 0.25) is 0 Å². The van der Waals surface area contributed by atoms with Crippen LogP contribution in [0.2, 0.25) is 0 Å². The van der Waals surface area contributed by atoms with Crippen LogP contribution in [0.3, 0.4) is 0 Å². The fraction of sp³-hybridized carbons (Fsp3) is 0.731. The van der Waals surface area contributed by atoms with E-state index in [-0.39, 0.29) is 12.1 Å². The predicted octanol–water partition coefficient (Wildman–Crippen LogP) is 4.14. The first-order valence-electron chi connectivity index (χ1n) is 12.4. The Morgan fingerprint density at radius 2 is 1.91 bits per heavy atom. The van der Waals surface area contributed by atoms with E-state index in [2.05, 4.69) is 30.9 Å². The minimum atomic E-state index is -0.202. The molecule has 0 N–H and O–H groups in total. The number of morpholine rings is 1. The van der Waals surface area contributed by atoms with Crippen molar-refractivity contribution < 1.29 is 23.7 Å². The molecule has 4 atom stereocenters. The lowest BCUT2D eigenvalue weighted by molar-refractivity contribution is -0.0217. The van der Waals surface area contributed by atoms with E-state index in [4.69, 9.17) is 18.9 Å². The van der Waals surface area contributed by atoms with Gasteiger partial charge >= 0.3 is 6.09 Å². The van der Waals surface area contributed by atoms with Crippen LogP contribution in [-0.2, 0) is 15.9 Å². The molecule has 3 aliphatic heterocycles. The molecule has 2 saturated heterocycles. The first kappa shape index (κ1) is 24.1. The van der Waals surface area contributed by atoms with Gasteiger partial charge in [-0.05, 0) is 67.2 Å². The standard InChI is InChI=1S/C26H40N2O5/c1-17(2)10-20-14-27-7-6-19-12-24(30-4)25(31-5)13-22(19)23(27)11-21(20)16-33-26(29)28-8-9-32-15-18(28)3/h12-13,17-18,20-21,23H,6-11,14-16H2,1-5H3/t18-,20?,21?,23?/m0/s1. The van der Waals surface area contributed by atoms with Gasteiger partial charge < -0.3 is 23.8 Å². The number of ether oxygens (including phenoxy) is 4.